The minimum atomic E-state index is -0.579. The van der Waals surface area contributed by atoms with Crippen LogP contribution in [-0.2, 0) is 19.1 Å². The topological polar surface area (TPSA) is 75.7 Å². The van der Waals surface area contributed by atoms with Gasteiger partial charge in [-0.2, -0.15) is 0 Å². The van der Waals surface area contributed by atoms with E-state index in [1.807, 2.05) is 51.1 Å². The molecular weight excluding hydrogens is 436 g/mol. The highest BCUT2D eigenvalue weighted by Crippen LogP contribution is 2.31. The first-order valence-corrected chi connectivity index (χ1v) is 10.1. The number of esters is 1. The van der Waals surface area contributed by atoms with E-state index in [1.54, 1.807) is 11.0 Å². The smallest absolute Gasteiger partial charge is 0.311 e. The molecule has 0 aliphatic carbocycles. The number of halogens is 1. The number of ether oxygens (including phenoxy) is 1. The highest BCUT2D eigenvalue weighted by atomic mass is 79.9. The Morgan fingerprint density at radius 1 is 1.14 bits per heavy atom. The summed E-state index contributed by atoms with van der Waals surface area (Å²) >= 11 is 3.40. The van der Waals surface area contributed by atoms with Crippen molar-refractivity contribution in [3.8, 4) is 0 Å². The maximum absolute atomic E-state index is 12.5. The van der Waals surface area contributed by atoms with Crippen molar-refractivity contribution in [2.45, 2.75) is 27.2 Å². The lowest BCUT2D eigenvalue weighted by atomic mass is 10.1. The van der Waals surface area contributed by atoms with Gasteiger partial charge in [0.25, 0.3) is 5.91 Å². The first kappa shape index (κ1) is 21.0. The van der Waals surface area contributed by atoms with Crippen LogP contribution in [0.25, 0.3) is 0 Å². The maximum atomic E-state index is 12.5. The van der Waals surface area contributed by atoms with Crippen LogP contribution in [0, 0.1) is 26.7 Å². The quantitative estimate of drug-likeness (QED) is 0.689. The Bertz CT molecular complexity index is 953. The summed E-state index contributed by atoms with van der Waals surface area (Å²) in [6, 6.07) is 11.2. The molecule has 0 bridgehead atoms. The molecule has 0 aromatic heterocycles. The summed E-state index contributed by atoms with van der Waals surface area (Å²) in [6.45, 7) is 5.67. The van der Waals surface area contributed by atoms with E-state index in [0.717, 1.165) is 26.9 Å². The SMILES string of the molecule is Cc1cc(NC(=O)COC(=O)[C@@H]2CC(=O)N(c3c(C)cccc3C)C2)ccc1Br. The molecule has 1 aliphatic rings. The van der Waals surface area contributed by atoms with Gasteiger partial charge in [0.05, 0.1) is 5.92 Å². The van der Waals surface area contributed by atoms with Gasteiger partial charge < -0.3 is 15.0 Å². The number of carbonyl (C=O) groups is 3. The van der Waals surface area contributed by atoms with Crippen LogP contribution in [0.15, 0.2) is 40.9 Å². The Balaban J connectivity index is 1.56. The Kier molecular flexibility index (Phi) is 6.37. The molecule has 2 aromatic carbocycles. The number of hydrogen-bond acceptors (Lipinski definition) is 4. The lowest BCUT2D eigenvalue weighted by Crippen LogP contribution is -2.29. The molecule has 6 nitrogen and oxygen atoms in total. The van der Waals surface area contributed by atoms with Crippen LogP contribution in [0.5, 0.6) is 0 Å². The van der Waals surface area contributed by atoms with Gasteiger partial charge in [-0.1, -0.05) is 34.1 Å². The Morgan fingerprint density at radius 2 is 1.83 bits per heavy atom. The lowest BCUT2D eigenvalue weighted by Gasteiger charge is -2.21. The van der Waals surface area contributed by atoms with Crippen LogP contribution in [0.4, 0.5) is 11.4 Å². The number of anilines is 2. The molecule has 1 atom stereocenters. The van der Waals surface area contributed by atoms with Gasteiger partial charge in [0, 0.05) is 28.8 Å². The van der Waals surface area contributed by atoms with Crippen LogP contribution >= 0.6 is 15.9 Å². The second-order valence-electron chi connectivity index (χ2n) is 7.27. The van der Waals surface area contributed by atoms with Gasteiger partial charge >= 0.3 is 5.97 Å². The van der Waals surface area contributed by atoms with Crippen molar-refractivity contribution in [1.29, 1.82) is 0 Å². The zero-order valence-electron chi connectivity index (χ0n) is 16.6. The Labute approximate surface area is 178 Å². The van der Waals surface area contributed by atoms with Crippen LogP contribution < -0.4 is 10.2 Å². The summed E-state index contributed by atoms with van der Waals surface area (Å²) < 4.78 is 6.11. The zero-order chi connectivity index (χ0) is 21.1. The lowest BCUT2D eigenvalue weighted by molar-refractivity contribution is -0.151. The second kappa shape index (κ2) is 8.78. The number of para-hydroxylation sites is 1. The van der Waals surface area contributed by atoms with Crippen LogP contribution in [0.3, 0.4) is 0 Å². The van der Waals surface area contributed by atoms with Gasteiger partial charge in [-0.15, -0.1) is 0 Å². The molecule has 7 heteroatoms. The number of benzene rings is 2. The van der Waals surface area contributed by atoms with E-state index < -0.39 is 17.8 Å². The number of aryl methyl sites for hydroxylation is 3. The van der Waals surface area contributed by atoms with Crippen LogP contribution in [0.2, 0.25) is 0 Å². The number of rotatable bonds is 5. The normalized spacial score (nSPS) is 16.1. The van der Waals surface area contributed by atoms with Gasteiger partial charge in [-0.05, 0) is 55.7 Å². The van der Waals surface area contributed by atoms with Crippen LogP contribution in [-0.4, -0.2) is 30.9 Å². The fourth-order valence-electron chi connectivity index (χ4n) is 3.49. The molecular formula is C22H23BrN2O4. The predicted octanol–water partition coefficient (Wildman–Crippen LogP) is 3.91. The number of hydrogen-bond donors (Lipinski definition) is 1. The summed E-state index contributed by atoms with van der Waals surface area (Å²) in [5.74, 6) is -1.64. The van der Waals surface area contributed by atoms with E-state index in [9.17, 15) is 14.4 Å². The summed E-state index contributed by atoms with van der Waals surface area (Å²) in [7, 11) is 0. The van der Waals surface area contributed by atoms with Gasteiger partial charge in [0.15, 0.2) is 6.61 Å². The monoisotopic (exact) mass is 458 g/mol. The van der Waals surface area contributed by atoms with Crippen molar-refractivity contribution in [2.24, 2.45) is 5.92 Å². The summed E-state index contributed by atoms with van der Waals surface area (Å²) in [5, 5.41) is 2.70. The maximum Gasteiger partial charge on any atom is 0.311 e. The van der Waals surface area contributed by atoms with E-state index >= 15 is 0 Å². The zero-order valence-corrected chi connectivity index (χ0v) is 18.2. The van der Waals surface area contributed by atoms with Gasteiger partial charge in [-0.3, -0.25) is 14.4 Å². The molecule has 1 aliphatic heterocycles. The molecule has 1 saturated heterocycles. The first-order valence-electron chi connectivity index (χ1n) is 9.35. The summed E-state index contributed by atoms with van der Waals surface area (Å²) in [4.78, 5) is 38.6. The molecule has 1 fully saturated rings. The largest absolute Gasteiger partial charge is 0.455 e. The van der Waals surface area contributed by atoms with Crippen molar-refractivity contribution in [3.05, 3.63) is 57.6 Å². The molecule has 3 rings (SSSR count). The molecule has 0 spiro atoms. The molecule has 152 valence electrons. The average molecular weight is 459 g/mol. The number of nitrogens with zero attached hydrogens (tertiary/aromatic N) is 1. The van der Waals surface area contributed by atoms with E-state index in [0.29, 0.717) is 5.69 Å². The molecule has 2 amide bonds. The van der Waals surface area contributed by atoms with E-state index in [2.05, 4.69) is 21.2 Å². The first-order chi connectivity index (χ1) is 13.8. The third kappa shape index (κ3) is 4.85. The van der Waals surface area contributed by atoms with Gasteiger partial charge in [0.2, 0.25) is 5.91 Å². The minimum absolute atomic E-state index is 0.0835. The molecule has 2 aromatic rings. The van der Waals surface area contributed by atoms with Gasteiger partial charge in [-0.25, -0.2) is 0 Å². The molecule has 29 heavy (non-hydrogen) atoms. The van der Waals surface area contributed by atoms with Gasteiger partial charge in [0.1, 0.15) is 0 Å². The number of carbonyl (C=O) groups excluding carboxylic acids is 3. The van der Waals surface area contributed by atoms with E-state index in [-0.39, 0.29) is 25.5 Å². The standard InChI is InChI=1S/C22H23BrN2O4/c1-13-5-4-6-14(2)21(13)25-11-16(10-20(25)27)22(28)29-12-19(26)24-17-7-8-18(23)15(3)9-17/h4-9,16H,10-12H2,1-3H3,(H,24,26)/t16-/m1/s1. The summed E-state index contributed by atoms with van der Waals surface area (Å²) in [6.07, 6.45) is 0.0835. The highest BCUT2D eigenvalue weighted by molar-refractivity contribution is 9.10. The second-order valence-corrected chi connectivity index (χ2v) is 8.12. The molecule has 0 saturated carbocycles. The molecule has 0 radical (unpaired) electrons. The van der Waals surface area contributed by atoms with Crippen molar-refractivity contribution in [3.63, 3.8) is 0 Å². The number of amides is 2. The van der Waals surface area contributed by atoms with E-state index in [4.69, 9.17) is 4.74 Å². The Morgan fingerprint density at radius 3 is 2.48 bits per heavy atom. The third-order valence-corrected chi connectivity index (χ3v) is 5.84. The fourth-order valence-corrected chi connectivity index (χ4v) is 3.73. The van der Waals surface area contributed by atoms with Crippen molar-refractivity contribution in [1.82, 2.24) is 0 Å². The highest BCUT2D eigenvalue weighted by Gasteiger charge is 2.37. The van der Waals surface area contributed by atoms with Crippen LogP contribution in [0.1, 0.15) is 23.1 Å². The Hall–Kier alpha value is -2.67. The third-order valence-electron chi connectivity index (χ3n) is 4.96. The predicted molar refractivity (Wildman–Crippen MR) is 115 cm³/mol. The van der Waals surface area contributed by atoms with Crippen molar-refractivity contribution < 1.29 is 19.1 Å². The number of nitrogens with one attached hydrogen (secondary N) is 1. The molecule has 1 heterocycles. The summed E-state index contributed by atoms with van der Waals surface area (Å²) in [5.41, 5.74) is 4.42. The molecule has 0 unspecified atom stereocenters. The van der Waals surface area contributed by atoms with Crippen molar-refractivity contribution >= 4 is 45.1 Å². The van der Waals surface area contributed by atoms with Crippen molar-refractivity contribution in [2.75, 3.05) is 23.4 Å². The minimum Gasteiger partial charge on any atom is -0.455 e. The van der Waals surface area contributed by atoms with E-state index in [1.165, 1.54) is 0 Å². The average Bonchev–Trinajstić information content (AvgIpc) is 3.04. The fraction of sp³-hybridized carbons (Fsp3) is 0.318. The molecule has 1 N–H and O–H groups in total.